The number of likely N-dealkylation sites (tertiary alicyclic amines) is 1. The largest absolute Gasteiger partial charge is 0.482 e. The fourth-order valence-corrected chi connectivity index (χ4v) is 2.66. The molecule has 0 unspecified atom stereocenters. The number of carbonyl (C=O) groups is 2. The Balaban J connectivity index is 2.07. The predicted octanol–water partition coefficient (Wildman–Crippen LogP) is 0.713. The van der Waals surface area contributed by atoms with Crippen LogP contribution in [0.2, 0.25) is 0 Å². The van der Waals surface area contributed by atoms with E-state index in [-0.39, 0.29) is 19.3 Å². The maximum absolute atomic E-state index is 11.3. The van der Waals surface area contributed by atoms with E-state index < -0.39 is 11.9 Å². The molecule has 144 valence electrons. The quantitative estimate of drug-likeness (QED) is 0.672. The van der Waals surface area contributed by atoms with Gasteiger partial charge in [0.1, 0.15) is 11.5 Å². The molecule has 1 aliphatic rings. The molecular formula is C18H26N2O6. The van der Waals surface area contributed by atoms with Crippen LogP contribution in [0.5, 0.6) is 11.5 Å². The Morgan fingerprint density at radius 1 is 1.00 bits per heavy atom. The average molecular weight is 366 g/mol. The van der Waals surface area contributed by atoms with E-state index in [1.165, 1.54) is 14.2 Å². The van der Waals surface area contributed by atoms with E-state index in [4.69, 9.17) is 15.2 Å². The lowest BCUT2D eigenvalue weighted by atomic mass is 10.1. The Morgan fingerprint density at radius 2 is 1.50 bits per heavy atom. The summed E-state index contributed by atoms with van der Waals surface area (Å²) in [7, 11) is 2.60. The van der Waals surface area contributed by atoms with Crippen LogP contribution in [0.3, 0.4) is 0 Å². The number of methoxy groups -OCH3 is 2. The highest BCUT2D eigenvalue weighted by Gasteiger charge is 2.17. The molecule has 1 heterocycles. The third-order valence-electron chi connectivity index (χ3n) is 4.15. The smallest absolute Gasteiger partial charge is 0.343 e. The van der Waals surface area contributed by atoms with Gasteiger partial charge in [-0.3, -0.25) is 4.90 Å². The van der Waals surface area contributed by atoms with Gasteiger partial charge in [0.15, 0.2) is 13.2 Å². The van der Waals surface area contributed by atoms with Gasteiger partial charge >= 0.3 is 11.9 Å². The molecule has 0 bridgehead atoms. The number of ether oxygens (including phenoxy) is 4. The zero-order chi connectivity index (χ0) is 18.9. The molecule has 1 aromatic rings. The first kappa shape index (κ1) is 20.0. The van der Waals surface area contributed by atoms with Crippen molar-refractivity contribution in [2.45, 2.75) is 25.4 Å². The first-order valence-corrected chi connectivity index (χ1v) is 8.51. The fraction of sp³-hybridized carbons (Fsp3) is 0.556. The number of hydrogen-bond donors (Lipinski definition) is 1. The monoisotopic (exact) mass is 366 g/mol. The van der Waals surface area contributed by atoms with Crippen LogP contribution in [0.1, 0.15) is 18.4 Å². The maximum atomic E-state index is 11.3. The van der Waals surface area contributed by atoms with Gasteiger partial charge in [-0.2, -0.15) is 0 Å². The summed E-state index contributed by atoms with van der Waals surface area (Å²) in [6.45, 7) is 2.15. The molecule has 1 fully saturated rings. The minimum atomic E-state index is -0.475. The summed E-state index contributed by atoms with van der Waals surface area (Å²) in [6, 6.07) is 5.59. The third-order valence-corrected chi connectivity index (χ3v) is 4.15. The molecule has 1 aliphatic heterocycles. The number of hydrogen-bond acceptors (Lipinski definition) is 8. The van der Waals surface area contributed by atoms with Gasteiger partial charge in [-0.05, 0) is 43.6 Å². The van der Waals surface area contributed by atoms with E-state index in [0.29, 0.717) is 18.0 Å². The van der Waals surface area contributed by atoms with Crippen molar-refractivity contribution >= 4 is 11.9 Å². The van der Waals surface area contributed by atoms with E-state index in [9.17, 15) is 9.59 Å². The normalized spacial score (nSPS) is 15.3. The summed E-state index contributed by atoms with van der Waals surface area (Å²) in [5, 5.41) is 0. The van der Waals surface area contributed by atoms with Crippen molar-refractivity contribution in [3.8, 4) is 11.5 Å². The molecule has 26 heavy (non-hydrogen) atoms. The molecular weight excluding hydrogens is 340 g/mol. The molecule has 1 aromatic carbocycles. The number of esters is 2. The molecule has 8 heteroatoms. The fourth-order valence-electron chi connectivity index (χ4n) is 2.66. The van der Waals surface area contributed by atoms with E-state index in [0.717, 1.165) is 31.5 Å². The molecule has 2 rings (SSSR count). The van der Waals surface area contributed by atoms with Crippen molar-refractivity contribution in [2.75, 3.05) is 40.5 Å². The molecule has 0 amide bonds. The summed E-state index contributed by atoms with van der Waals surface area (Å²) in [6.07, 6.45) is 1.93. The summed E-state index contributed by atoms with van der Waals surface area (Å²) >= 11 is 0. The molecule has 2 N–H and O–H groups in total. The Morgan fingerprint density at radius 3 is 1.96 bits per heavy atom. The topological polar surface area (TPSA) is 100 Å². The molecule has 8 nitrogen and oxygen atoms in total. The van der Waals surface area contributed by atoms with Gasteiger partial charge in [0.05, 0.1) is 14.2 Å². The lowest BCUT2D eigenvalue weighted by molar-refractivity contribution is -0.143. The SMILES string of the molecule is COC(=O)COc1cc(CN2CCC(N)CC2)cc(OCC(=O)OC)c1. The summed E-state index contributed by atoms with van der Waals surface area (Å²) in [4.78, 5) is 24.9. The van der Waals surface area contributed by atoms with Gasteiger partial charge in [0, 0.05) is 18.7 Å². The molecule has 1 saturated heterocycles. The number of nitrogens with two attached hydrogens (primary N) is 1. The maximum Gasteiger partial charge on any atom is 0.343 e. The molecule has 0 radical (unpaired) electrons. The van der Waals surface area contributed by atoms with Crippen LogP contribution < -0.4 is 15.2 Å². The van der Waals surface area contributed by atoms with Crippen molar-refractivity contribution in [1.82, 2.24) is 4.90 Å². The number of benzene rings is 1. The summed E-state index contributed by atoms with van der Waals surface area (Å²) < 4.78 is 20.1. The third kappa shape index (κ3) is 6.53. The molecule has 0 aromatic heterocycles. The van der Waals surface area contributed by atoms with Crippen LogP contribution in [0.25, 0.3) is 0 Å². The van der Waals surface area contributed by atoms with Crippen LogP contribution in [0.4, 0.5) is 0 Å². The van der Waals surface area contributed by atoms with Crippen LogP contribution in [0, 0.1) is 0 Å². The number of piperidine rings is 1. The van der Waals surface area contributed by atoms with Crippen LogP contribution >= 0.6 is 0 Å². The lowest BCUT2D eigenvalue weighted by Gasteiger charge is -2.30. The van der Waals surface area contributed by atoms with Crippen molar-refractivity contribution in [2.24, 2.45) is 5.73 Å². The molecule has 0 atom stereocenters. The van der Waals surface area contributed by atoms with E-state index >= 15 is 0 Å². The predicted molar refractivity (Wildman–Crippen MR) is 94.0 cm³/mol. The van der Waals surface area contributed by atoms with Crippen LogP contribution in [-0.2, 0) is 25.6 Å². The van der Waals surface area contributed by atoms with Crippen LogP contribution in [0.15, 0.2) is 18.2 Å². The van der Waals surface area contributed by atoms with Crippen LogP contribution in [-0.4, -0.2) is 63.4 Å². The summed E-state index contributed by atoms with van der Waals surface area (Å²) in [5.74, 6) is -0.00199. The Kier molecular flexibility index (Phi) is 7.68. The first-order chi connectivity index (χ1) is 12.5. The zero-order valence-corrected chi connectivity index (χ0v) is 15.2. The highest BCUT2D eigenvalue weighted by Crippen LogP contribution is 2.25. The Bertz CT molecular complexity index is 575. The second-order valence-corrected chi connectivity index (χ2v) is 6.16. The van der Waals surface area contributed by atoms with Gasteiger partial charge in [-0.15, -0.1) is 0 Å². The van der Waals surface area contributed by atoms with E-state index in [1.807, 2.05) is 12.1 Å². The zero-order valence-electron chi connectivity index (χ0n) is 15.2. The Labute approximate surface area is 153 Å². The molecule has 0 aliphatic carbocycles. The highest BCUT2D eigenvalue weighted by atomic mass is 16.6. The van der Waals surface area contributed by atoms with E-state index in [1.54, 1.807) is 6.07 Å². The Hall–Kier alpha value is -2.32. The van der Waals surface area contributed by atoms with Crippen molar-refractivity contribution in [1.29, 1.82) is 0 Å². The standard InChI is InChI=1S/C18H26N2O6/c1-23-17(21)11-25-15-7-13(10-20-5-3-14(19)4-6-20)8-16(9-15)26-12-18(22)24-2/h7-9,14H,3-6,10-12,19H2,1-2H3. The lowest BCUT2D eigenvalue weighted by Crippen LogP contribution is -2.39. The number of nitrogens with zero attached hydrogens (tertiary/aromatic N) is 1. The van der Waals surface area contributed by atoms with Crippen molar-refractivity contribution in [3.05, 3.63) is 23.8 Å². The van der Waals surface area contributed by atoms with Gasteiger partial charge in [0.2, 0.25) is 0 Å². The highest BCUT2D eigenvalue weighted by molar-refractivity contribution is 5.71. The van der Waals surface area contributed by atoms with E-state index in [2.05, 4.69) is 14.4 Å². The molecule has 0 saturated carbocycles. The van der Waals surface area contributed by atoms with Gasteiger partial charge in [-0.1, -0.05) is 0 Å². The number of carbonyl (C=O) groups excluding carboxylic acids is 2. The second-order valence-electron chi connectivity index (χ2n) is 6.16. The van der Waals surface area contributed by atoms with Gasteiger partial charge in [-0.25, -0.2) is 9.59 Å². The number of rotatable bonds is 8. The van der Waals surface area contributed by atoms with Crippen molar-refractivity contribution < 1.29 is 28.5 Å². The minimum absolute atomic E-state index is 0.199. The average Bonchev–Trinajstić information content (AvgIpc) is 2.65. The summed E-state index contributed by atoms with van der Waals surface area (Å²) in [5.41, 5.74) is 6.91. The second kappa shape index (κ2) is 9.98. The minimum Gasteiger partial charge on any atom is -0.482 e. The molecule has 0 spiro atoms. The van der Waals surface area contributed by atoms with Crippen molar-refractivity contribution in [3.63, 3.8) is 0 Å². The van der Waals surface area contributed by atoms with Gasteiger partial charge < -0.3 is 24.7 Å². The van der Waals surface area contributed by atoms with Gasteiger partial charge in [0.25, 0.3) is 0 Å². The first-order valence-electron chi connectivity index (χ1n) is 8.51.